The lowest BCUT2D eigenvalue weighted by Gasteiger charge is -2.18. The first-order chi connectivity index (χ1) is 9.15. The molecule has 102 valence electrons. The summed E-state index contributed by atoms with van der Waals surface area (Å²) in [6, 6.07) is 10.5. The summed E-state index contributed by atoms with van der Waals surface area (Å²) in [5.41, 5.74) is 2.32. The van der Waals surface area contributed by atoms with Gasteiger partial charge in [-0.3, -0.25) is 4.79 Å². The minimum absolute atomic E-state index is 0.0261. The van der Waals surface area contributed by atoms with Crippen LogP contribution in [-0.4, -0.2) is 25.5 Å². The number of hydrogen-bond donors (Lipinski definition) is 1. The first-order valence-corrected chi connectivity index (χ1v) is 6.88. The Kier molecular flexibility index (Phi) is 4.61. The molecule has 1 heterocycles. The maximum absolute atomic E-state index is 11.6. The summed E-state index contributed by atoms with van der Waals surface area (Å²) >= 11 is 0. The van der Waals surface area contributed by atoms with E-state index in [0.29, 0.717) is 5.92 Å². The monoisotopic (exact) mass is 258 g/mol. The van der Waals surface area contributed by atoms with Gasteiger partial charge < -0.3 is 10.2 Å². The van der Waals surface area contributed by atoms with Crippen LogP contribution in [-0.2, 0) is 4.79 Å². The van der Waals surface area contributed by atoms with Crippen molar-refractivity contribution in [2.24, 2.45) is 5.92 Å². The Labute approximate surface area is 115 Å². The second-order valence-electron chi connectivity index (χ2n) is 5.40. The van der Waals surface area contributed by atoms with Crippen molar-refractivity contribution in [2.45, 2.75) is 20.3 Å². The number of nitrogens with one attached hydrogen (secondary N) is 1. The average molecular weight is 258 g/mol. The Hall–Kier alpha value is -1.77. The zero-order valence-corrected chi connectivity index (χ0v) is 11.7. The van der Waals surface area contributed by atoms with Crippen molar-refractivity contribution in [2.75, 3.05) is 24.5 Å². The molecule has 19 heavy (non-hydrogen) atoms. The molecule has 1 aliphatic rings. The van der Waals surface area contributed by atoms with Gasteiger partial charge in [-0.05, 0) is 38.3 Å². The Morgan fingerprint density at radius 3 is 2.79 bits per heavy atom. The molecule has 0 radical (unpaired) electrons. The van der Waals surface area contributed by atoms with Crippen molar-refractivity contribution in [3.8, 4) is 0 Å². The number of carbonyl (C=O) groups is 1. The molecule has 1 N–H and O–H groups in total. The van der Waals surface area contributed by atoms with E-state index < -0.39 is 0 Å². The van der Waals surface area contributed by atoms with Gasteiger partial charge in [0, 0.05) is 31.4 Å². The highest BCUT2D eigenvalue weighted by atomic mass is 16.1. The van der Waals surface area contributed by atoms with Crippen LogP contribution in [0, 0.1) is 5.92 Å². The predicted molar refractivity (Wildman–Crippen MR) is 79.2 cm³/mol. The number of nitrogens with zero attached hydrogens (tertiary/aromatic N) is 1. The van der Waals surface area contributed by atoms with Gasteiger partial charge in [0.15, 0.2) is 0 Å². The van der Waals surface area contributed by atoms with E-state index in [1.165, 1.54) is 5.69 Å². The normalized spacial score (nSPS) is 18.2. The first-order valence-electron chi connectivity index (χ1n) is 6.88. The van der Waals surface area contributed by atoms with Gasteiger partial charge in [-0.25, -0.2) is 0 Å². The molecule has 0 aliphatic carbocycles. The second kappa shape index (κ2) is 6.41. The fourth-order valence-electron chi connectivity index (χ4n) is 2.43. The number of allylic oxidation sites excluding steroid dienone is 1. The van der Waals surface area contributed by atoms with Gasteiger partial charge in [0.25, 0.3) is 0 Å². The summed E-state index contributed by atoms with van der Waals surface area (Å²) in [5, 5.41) is 2.99. The Bertz CT molecular complexity index is 449. The van der Waals surface area contributed by atoms with Crippen LogP contribution in [0.15, 0.2) is 42.0 Å². The lowest BCUT2D eigenvalue weighted by atomic mass is 10.1. The van der Waals surface area contributed by atoms with Gasteiger partial charge in [0.05, 0.1) is 0 Å². The van der Waals surface area contributed by atoms with Crippen molar-refractivity contribution in [1.82, 2.24) is 5.32 Å². The quantitative estimate of drug-likeness (QED) is 0.842. The zero-order chi connectivity index (χ0) is 13.7. The Balaban J connectivity index is 1.80. The summed E-state index contributed by atoms with van der Waals surface area (Å²) < 4.78 is 0. The standard InChI is InChI=1S/C16H22N2O/c1-13(2)10-16(19)17-11-14-8-9-18(12-14)15-6-4-3-5-7-15/h3-7,10,14H,8-9,11-12H2,1-2H3,(H,17,19). The summed E-state index contributed by atoms with van der Waals surface area (Å²) in [7, 11) is 0. The van der Waals surface area contributed by atoms with Gasteiger partial charge in [0.2, 0.25) is 5.91 Å². The fourth-order valence-corrected chi connectivity index (χ4v) is 2.43. The minimum Gasteiger partial charge on any atom is -0.371 e. The molecular weight excluding hydrogens is 236 g/mol. The molecule has 3 nitrogen and oxygen atoms in total. The Morgan fingerprint density at radius 1 is 1.37 bits per heavy atom. The molecule has 1 aromatic rings. The molecule has 1 atom stereocenters. The van der Waals surface area contributed by atoms with E-state index >= 15 is 0 Å². The predicted octanol–water partition coefficient (Wildman–Crippen LogP) is 2.60. The van der Waals surface area contributed by atoms with Gasteiger partial charge in [0.1, 0.15) is 0 Å². The van der Waals surface area contributed by atoms with Crippen LogP contribution in [0.5, 0.6) is 0 Å². The van der Waals surface area contributed by atoms with E-state index in [4.69, 9.17) is 0 Å². The van der Waals surface area contributed by atoms with Crippen LogP contribution in [0.2, 0.25) is 0 Å². The molecule has 1 aliphatic heterocycles. The Morgan fingerprint density at radius 2 is 2.11 bits per heavy atom. The molecule has 0 spiro atoms. The van der Waals surface area contributed by atoms with Crippen molar-refractivity contribution in [1.29, 1.82) is 0 Å². The SMILES string of the molecule is CC(C)=CC(=O)NCC1CCN(c2ccccc2)C1. The first kappa shape index (κ1) is 13.7. The molecule has 1 amide bonds. The number of hydrogen-bond acceptors (Lipinski definition) is 2. The van der Waals surface area contributed by atoms with Gasteiger partial charge >= 0.3 is 0 Å². The lowest BCUT2D eigenvalue weighted by molar-refractivity contribution is -0.116. The van der Waals surface area contributed by atoms with E-state index in [1.807, 2.05) is 19.9 Å². The third-order valence-electron chi connectivity index (χ3n) is 3.39. The van der Waals surface area contributed by atoms with Crippen LogP contribution in [0.4, 0.5) is 5.69 Å². The van der Waals surface area contributed by atoms with Gasteiger partial charge in [-0.2, -0.15) is 0 Å². The number of amides is 1. The summed E-state index contributed by atoms with van der Waals surface area (Å²) in [6.45, 7) is 6.75. The molecule has 1 fully saturated rings. The third-order valence-corrected chi connectivity index (χ3v) is 3.39. The lowest BCUT2D eigenvalue weighted by Crippen LogP contribution is -2.30. The highest BCUT2D eigenvalue weighted by Gasteiger charge is 2.22. The van der Waals surface area contributed by atoms with Crippen molar-refractivity contribution in [3.63, 3.8) is 0 Å². The summed E-state index contributed by atoms with van der Waals surface area (Å²) in [4.78, 5) is 13.9. The molecule has 1 saturated heterocycles. The maximum atomic E-state index is 11.6. The molecular formula is C16H22N2O. The molecule has 3 heteroatoms. The number of para-hydroxylation sites is 1. The second-order valence-corrected chi connectivity index (χ2v) is 5.40. The molecule has 1 unspecified atom stereocenters. The van der Waals surface area contributed by atoms with Crippen LogP contribution in [0.25, 0.3) is 0 Å². The van der Waals surface area contributed by atoms with E-state index in [-0.39, 0.29) is 5.91 Å². The van der Waals surface area contributed by atoms with Gasteiger partial charge in [-0.1, -0.05) is 23.8 Å². The van der Waals surface area contributed by atoms with Crippen LogP contribution < -0.4 is 10.2 Å². The minimum atomic E-state index is 0.0261. The summed E-state index contributed by atoms with van der Waals surface area (Å²) in [5.74, 6) is 0.577. The van der Waals surface area contributed by atoms with Crippen LogP contribution in [0.3, 0.4) is 0 Å². The van der Waals surface area contributed by atoms with Crippen LogP contribution in [0.1, 0.15) is 20.3 Å². The van der Waals surface area contributed by atoms with E-state index in [2.05, 4.69) is 34.5 Å². The average Bonchev–Trinajstić information content (AvgIpc) is 2.85. The van der Waals surface area contributed by atoms with Crippen molar-refractivity contribution >= 4 is 11.6 Å². The summed E-state index contributed by atoms with van der Waals surface area (Å²) in [6.07, 6.45) is 2.80. The van der Waals surface area contributed by atoms with Gasteiger partial charge in [-0.15, -0.1) is 0 Å². The topological polar surface area (TPSA) is 32.3 Å². The van der Waals surface area contributed by atoms with E-state index in [9.17, 15) is 4.79 Å². The number of anilines is 1. The molecule has 1 aromatic carbocycles. The van der Waals surface area contributed by atoms with Crippen LogP contribution >= 0.6 is 0 Å². The smallest absolute Gasteiger partial charge is 0.243 e. The van der Waals surface area contributed by atoms with Crippen molar-refractivity contribution in [3.05, 3.63) is 42.0 Å². The van der Waals surface area contributed by atoms with E-state index in [0.717, 1.165) is 31.6 Å². The third kappa shape index (κ3) is 4.12. The zero-order valence-electron chi connectivity index (χ0n) is 11.7. The highest BCUT2D eigenvalue weighted by molar-refractivity contribution is 5.88. The fraction of sp³-hybridized carbons (Fsp3) is 0.438. The molecule has 0 bridgehead atoms. The molecule has 0 aromatic heterocycles. The number of carbonyl (C=O) groups excluding carboxylic acids is 1. The molecule has 0 saturated carbocycles. The van der Waals surface area contributed by atoms with Crippen molar-refractivity contribution < 1.29 is 4.79 Å². The molecule has 2 rings (SSSR count). The largest absolute Gasteiger partial charge is 0.371 e. The number of rotatable bonds is 4. The number of benzene rings is 1. The van der Waals surface area contributed by atoms with E-state index in [1.54, 1.807) is 6.08 Å². The maximum Gasteiger partial charge on any atom is 0.243 e. The highest BCUT2D eigenvalue weighted by Crippen LogP contribution is 2.22.